The van der Waals surface area contributed by atoms with E-state index in [-0.39, 0.29) is 5.91 Å². The number of amides is 1. The lowest BCUT2D eigenvalue weighted by Gasteiger charge is -2.13. The fourth-order valence-corrected chi connectivity index (χ4v) is 3.27. The highest BCUT2D eigenvalue weighted by atomic mass is 16.5. The fourth-order valence-electron chi connectivity index (χ4n) is 3.27. The van der Waals surface area contributed by atoms with Gasteiger partial charge in [-0.2, -0.15) is 9.90 Å². The van der Waals surface area contributed by atoms with Crippen molar-refractivity contribution in [2.45, 2.75) is 38.7 Å². The van der Waals surface area contributed by atoms with Gasteiger partial charge in [0.15, 0.2) is 5.69 Å². The first-order valence-corrected chi connectivity index (χ1v) is 9.26. The Labute approximate surface area is 158 Å². The van der Waals surface area contributed by atoms with Crippen molar-refractivity contribution in [2.24, 2.45) is 0 Å². The van der Waals surface area contributed by atoms with Gasteiger partial charge in [0, 0.05) is 5.69 Å². The number of nitrogens with zero attached hydrogens (tertiary/aromatic N) is 3. The highest BCUT2D eigenvalue weighted by molar-refractivity contribution is 6.03. The highest BCUT2D eigenvalue weighted by Crippen LogP contribution is 2.25. The molecule has 0 bridgehead atoms. The number of anilines is 1. The average Bonchev–Trinajstić information content (AvgIpc) is 3.34. The molecule has 1 aliphatic rings. The van der Waals surface area contributed by atoms with Crippen LogP contribution in [0.5, 0.6) is 5.75 Å². The molecular weight excluding hydrogens is 340 g/mol. The number of carbonyl (C=O) groups excluding carboxylic acids is 1. The molecule has 1 fully saturated rings. The Kier molecular flexibility index (Phi) is 4.87. The van der Waals surface area contributed by atoms with Crippen LogP contribution in [0.3, 0.4) is 0 Å². The number of hydrogen-bond donors (Lipinski definition) is 1. The van der Waals surface area contributed by atoms with Crippen molar-refractivity contribution >= 4 is 11.6 Å². The molecule has 0 radical (unpaired) electrons. The number of benzene rings is 2. The molecule has 4 rings (SSSR count). The highest BCUT2D eigenvalue weighted by Gasteiger charge is 2.18. The first-order valence-electron chi connectivity index (χ1n) is 9.26. The topological polar surface area (TPSA) is 69.0 Å². The van der Waals surface area contributed by atoms with Crippen LogP contribution >= 0.6 is 0 Å². The normalized spacial score (nSPS) is 14.3. The zero-order chi connectivity index (χ0) is 18.6. The van der Waals surface area contributed by atoms with E-state index in [1.54, 1.807) is 6.92 Å². The van der Waals surface area contributed by atoms with Crippen LogP contribution < -0.4 is 10.1 Å². The number of aryl methyl sites for hydroxylation is 1. The number of para-hydroxylation sites is 1. The maximum atomic E-state index is 12.6. The minimum absolute atomic E-state index is 0.279. The summed E-state index contributed by atoms with van der Waals surface area (Å²) in [6.45, 7) is 1.78. The molecule has 0 aliphatic heterocycles. The minimum Gasteiger partial charge on any atom is -0.490 e. The van der Waals surface area contributed by atoms with Crippen molar-refractivity contribution in [1.29, 1.82) is 0 Å². The summed E-state index contributed by atoms with van der Waals surface area (Å²) in [7, 11) is 0. The van der Waals surface area contributed by atoms with E-state index in [0.29, 0.717) is 23.2 Å². The number of nitrogens with one attached hydrogen (secondary N) is 1. The minimum atomic E-state index is -0.279. The second-order valence-corrected chi connectivity index (χ2v) is 6.76. The van der Waals surface area contributed by atoms with Crippen LogP contribution in [0.15, 0.2) is 54.6 Å². The molecule has 3 aromatic rings. The number of rotatable bonds is 5. The third kappa shape index (κ3) is 4.00. The van der Waals surface area contributed by atoms with Crippen LogP contribution in [0.25, 0.3) is 5.69 Å². The Hall–Kier alpha value is -3.15. The summed E-state index contributed by atoms with van der Waals surface area (Å²) in [5.41, 5.74) is 2.41. The van der Waals surface area contributed by atoms with Gasteiger partial charge in [-0.1, -0.05) is 18.2 Å². The molecule has 0 spiro atoms. The number of ether oxygens (including phenoxy) is 1. The molecule has 0 atom stereocenters. The maximum Gasteiger partial charge on any atom is 0.278 e. The SMILES string of the molecule is Cc1nn(-c2ccccc2)nc1C(=O)Nc1ccc(OC2CCCC2)cc1. The van der Waals surface area contributed by atoms with E-state index in [1.165, 1.54) is 17.6 Å². The molecule has 0 saturated heterocycles. The molecule has 1 heterocycles. The van der Waals surface area contributed by atoms with E-state index in [4.69, 9.17) is 4.74 Å². The predicted octanol–water partition coefficient (Wildman–Crippen LogP) is 4.15. The van der Waals surface area contributed by atoms with E-state index in [0.717, 1.165) is 24.3 Å². The summed E-state index contributed by atoms with van der Waals surface area (Å²) in [6, 6.07) is 17.0. The molecule has 1 aliphatic carbocycles. The van der Waals surface area contributed by atoms with Crippen LogP contribution in [0.2, 0.25) is 0 Å². The van der Waals surface area contributed by atoms with Crippen LogP contribution in [0.1, 0.15) is 41.9 Å². The Morgan fingerprint density at radius 3 is 2.44 bits per heavy atom. The van der Waals surface area contributed by atoms with E-state index < -0.39 is 0 Å². The predicted molar refractivity (Wildman–Crippen MR) is 103 cm³/mol. The van der Waals surface area contributed by atoms with Gasteiger partial charge in [0.25, 0.3) is 5.91 Å². The zero-order valence-electron chi connectivity index (χ0n) is 15.3. The van der Waals surface area contributed by atoms with Gasteiger partial charge in [-0.15, -0.1) is 5.10 Å². The molecule has 6 nitrogen and oxygen atoms in total. The molecule has 1 aromatic heterocycles. The molecule has 1 saturated carbocycles. The molecule has 27 heavy (non-hydrogen) atoms. The van der Waals surface area contributed by atoms with Crippen molar-refractivity contribution in [3.63, 3.8) is 0 Å². The molecular formula is C21H22N4O2. The zero-order valence-corrected chi connectivity index (χ0v) is 15.3. The third-order valence-corrected chi connectivity index (χ3v) is 4.70. The summed E-state index contributed by atoms with van der Waals surface area (Å²) < 4.78 is 5.95. The van der Waals surface area contributed by atoms with Gasteiger partial charge in [-0.25, -0.2) is 0 Å². The number of aromatic nitrogens is 3. The number of carbonyl (C=O) groups is 1. The lowest BCUT2D eigenvalue weighted by molar-refractivity contribution is 0.102. The van der Waals surface area contributed by atoms with Crippen molar-refractivity contribution in [3.8, 4) is 11.4 Å². The largest absolute Gasteiger partial charge is 0.490 e. The summed E-state index contributed by atoms with van der Waals surface area (Å²) in [4.78, 5) is 14.1. The van der Waals surface area contributed by atoms with Crippen LogP contribution in [0.4, 0.5) is 5.69 Å². The van der Waals surface area contributed by atoms with Crippen LogP contribution in [0, 0.1) is 6.92 Å². The molecule has 138 valence electrons. The van der Waals surface area contributed by atoms with Gasteiger partial charge in [0.1, 0.15) is 5.75 Å². The molecule has 0 unspecified atom stereocenters. The lowest BCUT2D eigenvalue weighted by Crippen LogP contribution is -2.14. The Balaban J connectivity index is 1.43. The van der Waals surface area contributed by atoms with Crippen LogP contribution in [-0.4, -0.2) is 27.0 Å². The van der Waals surface area contributed by atoms with Gasteiger partial charge >= 0.3 is 0 Å². The monoisotopic (exact) mass is 362 g/mol. The first kappa shape index (κ1) is 17.3. The first-order chi connectivity index (χ1) is 13.2. The van der Waals surface area contributed by atoms with Crippen molar-refractivity contribution in [3.05, 3.63) is 66.0 Å². The van der Waals surface area contributed by atoms with Gasteiger partial charge in [0.05, 0.1) is 17.5 Å². The maximum absolute atomic E-state index is 12.6. The van der Waals surface area contributed by atoms with Gasteiger partial charge in [-0.3, -0.25) is 4.79 Å². The second-order valence-electron chi connectivity index (χ2n) is 6.76. The van der Waals surface area contributed by atoms with E-state index >= 15 is 0 Å². The smallest absolute Gasteiger partial charge is 0.278 e. The van der Waals surface area contributed by atoms with E-state index in [2.05, 4.69) is 15.5 Å². The standard InChI is InChI=1S/C21H22N4O2/c1-15-20(24-25(23-15)17-7-3-2-4-8-17)21(26)22-16-11-13-19(14-12-16)27-18-9-5-6-10-18/h2-4,7-8,11-14,18H,5-6,9-10H2,1H3,(H,22,26). The summed E-state index contributed by atoms with van der Waals surface area (Å²) in [5, 5.41) is 11.5. The van der Waals surface area contributed by atoms with Crippen LogP contribution in [-0.2, 0) is 0 Å². The Morgan fingerprint density at radius 2 is 1.74 bits per heavy atom. The van der Waals surface area contributed by atoms with Crippen molar-refractivity contribution in [1.82, 2.24) is 15.0 Å². The number of hydrogen-bond acceptors (Lipinski definition) is 4. The summed E-state index contributed by atoms with van der Waals surface area (Å²) >= 11 is 0. The van der Waals surface area contributed by atoms with Gasteiger partial charge < -0.3 is 10.1 Å². The van der Waals surface area contributed by atoms with Crippen molar-refractivity contribution in [2.75, 3.05) is 5.32 Å². The lowest BCUT2D eigenvalue weighted by atomic mass is 10.2. The fraction of sp³-hybridized carbons (Fsp3) is 0.286. The molecule has 2 aromatic carbocycles. The Morgan fingerprint density at radius 1 is 1.04 bits per heavy atom. The van der Waals surface area contributed by atoms with Gasteiger partial charge in [-0.05, 0) is 69.0 Å². The van der Waals surface area contributed by atoms with Gasteiger partial charge in [0.2, 0.25) is 0 Å². The molecule has 6 heteroatoms. The van der Waals surface area contributed by atoms with Crippen molar-refractivity contribution < 1.29 is 9.53 Å². The summed E-state index contributed by atoms with van der Waals surface area (Å²) in [5.74, 6) is 0.560. The third-order valence-electron chi connectivity index (χ3n) is 4.70. The molecule has 1 N–H and O–H groups in total. The second kappa shape index (κ2) is 7.61. The average molecular weight is 362 g/mol. The Bertz CT molecular complexity index is 913. The van der Waals surface area contributed by atoms with E-state index in [9.17, 15) is 4.79 Å². The molecule has 1 amide bonds. The quantitative estimate of drug-likeness (QED) is 0.740. The summed E-state index contributed by atoms with van der Waals surface area (Å²) in [6.07, 6.45) is 5.04. The van der Waals surface area contributed by atoms with E-state index in [1.807, 2.05) is 54.6 Å².